The third-order valence-corrected chi connectivity index (χ3v) is 2.35. The average Bonchev–Trinajstić information content (AvgIpc) is 2.88. The van der Waals surface area contributed by atoms with Crippen molar-refractivity contribution in [3.05, 3.63) is 42.7 Å². The number of aromatic amines is 2. The van der Waals surface area contributed by atoms with Crippen molar-refractivity contribution < 1.29 is 0 Å². The number of nitrogens with zero attached hydrogens (tertiary/aromatic N) is 1. The highest BCUT2D eigenvalue weighted by Crippen LogP contribution is 2.21. The zero-order valence-corrected chi connectivity index (χ0v) is 7.49. The van der Waals surface area contributed by atoms with Gasteiger partial charge in [-0.3, -0.25) is 5.10 Å². The summed E-state index contributed by atoms with van der Waals surface area (Å²) in [6.07, 6.45) is 3.77. The molecule has 3 nitrogen and oxygen atoms in total. The van der Waals surface area contributed by atoms with Crippen LogP contribution in [-0.2, 0) is 0 Å². The number of fused-ring (bicyclic) bond motifs is 1. The zero-order chi connectivity index (χ0) is 9.38. The van der Waals surface area contributed by atoms with Gasteiger partial charge < -0.3 is 4.98 Å². The van der Waals surface area contributed by atoms with Gasteiger partial charge in [0.25, 0.3) is 0 Å². The smallest absolute Gasteiger partial charge is 0.0921 e. The van der Waals surface area contributed by atoms with Crippen molar-refractivity contribution in [3.63, 3.8) is 0 Å². The van der Waals surface area contributed by atoms with Crippen LogP contribution in [0.15, 0.2) is 42.7 Å². The molecular formula is C11H9N3. The van der Waals surface area contributed by atoms with Gasteiger partial charge in [-0.2, -0.15) is 5.10 Å². The monoisotopic (exact) mass is 183 g/mol. The van der Waals surface area contributed by atoms with Gasteiger partial charge in [-0.1, -0.05) is 12.1 Å². The van der Waals surface area contributed by atoms with Crippen LogP contribution < -0.4 is 0 Å². The second-order valence-corrected chi connectivity index (χ2v) is 3.24. The molecule has 2 N–H and O–H groups in total. The maximum Gasteiger partial charge on any atom is 0.0921 e. The highest BCUT2D eigenvalue weighted by molar-refractivity contribution is 5.84. The van der Waals surface area contributed by atoms with Gasteiger partial charge in [-0.15, -0.1) is 0 Å². The molecule has 14 heavy (non-hydrogen) atoms. The Morgan fingerprint density at radius 1 is 1.00 bits per heavy atom. The van der Waals surface area contributed by atoms with Crippen molar-refractivity contribution in [2.24, 2.45) is 0 Å². The van der Waals surface area contributed by atoms with Gasteiger partial charge in [-0.05, 0) is 23.6 Å². The Labute approximate surface area is 80.8 Å². The summed E-state index contributed by atoms with van der Waals surface area (Å²) in [5.41, 5.74) is 3.24. The first-order valence-corrected chi connectivity index (χ1v) is 4.51. The predicted octanol–water partition coefficient (Wildman–Crippen LogP) is 2.56. The Hall–Kier alpha value is -2.03. The summed E-state index contributed by atoms with van der Waals surface area (Å²) in [6, 6.07) is 10.3. The molecule has 0 amide bonds. The van der Waals surface area contributed by atoms with Gasteiger partial charge >= 0.3 is 0 Å². The number of aromatic nitrogens is 3. The maximum absolute atomic E-state index is 4.14. The van der Waals surface area contributed by atoms with Crippen molar-refractivity contribution in [1.29, 1.82) is 0 Å². The molecule has 3 aromatic rings. The first-order chi connectivity index (χ1) is 6.93. The van der Waals surface area contributed by atoms with Crippen molar-refractivity contribution in [2.75, 3.05) is 0 Å². The largest absolute Gasteiger partial charge is 0.361 e. The minimum Gasteiger partial charge on any atom is -0.361 e. The van der Waals surface area contributed by atoms with Gasteiger partial charge in [-0.25, -0.2) is 0 Å². The Morgan fingerprint density at radius 3 is 2.86 bits per heavy atom. The second kappa shape index (κ2) is 2.73. The molecule has 0 atom stereocenters. The molecule has 0 bridgehead atoms. The van der Waals surface area contributed by atoms with E-state index < -0.39 is 0 Å². The lowest BCUT2D eigenvalue weighted by Gasteiger charge is -1.96. The fourth-order valence-electron chi connectivity index (χ4n) is 1.63. The standard InChI is InChI=1S/C11H9N3/c1-2-9(10-4-6-13-14-10)7-11-8(1)3-5-12-11/h1-7,12H,(H,13,14). The summed E-state index contributed by atoms with van der Waals surface area (Å²) < 4.78 is 0. The van der Waals surface area contributed by atoms with Crippen LogP contribution in [-0.4, -0.2) is 15.2 Å². The molecule has 0 saturated heterocycles. The number of benzene rings is 1. The lowest BCUT2D eigenvalue weighted by Crippen LogP contribution is -1.77. The Balaban J connectivity index is 2.23. The molecular weight excluding hydrogens is 174 g/mol. The number of nitrogens with one attached hydrogen (secondary N) is 2. The van der Waals surface area contributed by atoms with E-state index in [-0.39, 0.29) is 0 Å². The van der Waals surface area contributed by atoms with Gasteiger partial charge in [0.2, 0.25) is 0 Å². The zero-order valence-electron chi connectivity index (χ0n) is 7.49. The molecule has 2 aromatic heterocycles. The van der Waals surface area contributed by atoms with Crippen molar-refractivity contribution in [2.45, 2.75) is 0 Å². The topological polar surface area (TPSA) is 44.5 Å². The van der Waals surface area contributed by atoms with Crippen LogP contribution in [0.2, 0.25) is 0 Å². The van der Waals surface area contributed by atoms with Crippen LogP contribution in [0.5, 0.6) is 0 Å². The minimum atomic E-state index is 0.974. The van der Waals surface area contributed by atoms with E-state index in [2.05, 4.69) is 39.4 Å². The third-order valence-electron chi connectivity index (χ3n) is 2.35. The van der Waals surface area contributed by atoms with Gasteiger partial charge in [0.1, 0.15) is 0 Å². The lowest BCUT2D eigenvalue weighted by molar-refractivity contribution is 1.10. The Kier molecular flexibility index (Phi) is 1.44. The summed E-state index contributed by atoms with van der Waals surface area (Å²) in [5, 5.41) is 8.17. The molecule has 0 unspecified atom stereocenters. The Bertz CT molecular complexity index is 549. The number of rotatable bonds is 1. The highest BCUT2D eigenvalue weighted by atomic mass is 15.1. The fraction of sp³-hybridized carbons (Fsp3) is 0. The highest BCUT2D eigenvalue weighted by Gasteiger charge is 2.00. The third kappa shape index (κ3) is 1.03. The Morgan fingerprint density at radius 2 is 2.00 bits per heavy atom. The van der Waals surface area contributed by atoms with Crippen molar-refractivity contribution >= 4 is 10.9 Å². The molecule has 0 spiro atoms. The quantitative estimate of drug-likeness (QED) is 0.598. The second-order valence-electron chi connectivity index (χ2n) is 3.24. The average molecular weight is 183 g/mol. The molecule has 0 fully saturated rings. The van der Waals surface area contributed by atoms with E-state index >= 15 is 0 Å². The number of hydrogen-bond acceptors (Lipinski definition) is 1. The van der Waals surface area contributed by atoms with Crippen LogP contribution >= 0.6 is 0 Å². The van der Waals surface area contributed by atoms with E-state index in [1.54, 1.807) is 0 Å². The van der Waals surface area contributed by atoms with E-state index in [4.69, 9.17) is 0 Å². The normalized spacial score (nSPS) is 10.9. The SMILES string of the molecule is c1cc(-c2ccc3cc[nH]c3c2)n[nH]1. The first-order valence-electron chi connectivity index (χ1n) is 4.51. The summed E-state index contributed by atoms with van der Waals surface area (Å²) in [5.74, 6) is 0. The maximum atomic E-state index is 4.14. The van der Waals surface area contributed by atoms with Crippen molar-refractivity contribution in [1.82, 2.24) is 15.2 Å². The predicted molar refractivity (Wildman–Crippen MR) is 55.9 cm³/mol. The van der Waals surface area contributed by atoms with E-state index in [0.29, 0.717) is 0 Å². The number of hydrogen-bond donors (Lipinski definition) is 2. The molecule has 0 aliphatic carbocycles. The van der Waals surface area contributed by atoms with E-state index in [9.17, 15) is 0 Å². The fourth-order valence-corrected chi connectivity index (χ4v) is 1.63. The molecule has 3 heteroatoms. The molecule has 0 saturated carbocycles. The molecule has 3 rings (SSSR count). The molecule has 0 aliphatic rings. The minimum absolute atomic E-state index is 0.974. The van der Waals surface area contributed by atoms with E-state index in [1.807, 2.05) is 18.5 Å². The van der Waals surface area contributed by atoms with Gasteiger partial charge in [0.05, 0.1) is 5.69 Å². The summed E-state index contributed by atoms with van der Waals surface area (Å²) in [7, 11) is 0. The van der Waals surface area contributed by atoms with Crippen LogP contribution in [0.4, 0.5) is 0 Å². The molecule has 0 radical (unpaired) electrons. The van der Waals surface area contributed by atoms with E-state index in [0.717, 1.165) is 16.8 Å². The molecule has 0 aliphatic heterocycles. The lowest BCUT2D eigenvalue weighted by atomic mass is 10.1. The van der Waals surface area contributed by atoms with E-state index in [1.165, 1.54) is 5.39 Å². The van der Waals surface area contributed by atoms with Crippen molar-refractivity contribution in [3.8, 4) is 11.3 Å². The summed E-state index contributed by atoms with van der Waals surface area (Å²) in [6.45, 7) is 0. The van der Waals surface area contributed by atoms with Gasteiger partial charge in [0, 0.05) is 23.5 Å². The van der Waals surface area contributed by atoms with Crippen LogP contribution in [0.3, 0.4) is 0 Å². The van der Waals surface area contributed by atoms with Crippen LogP contribution in [0, 0.1) is 0 Å². The van der Waals surface area contributed by atoms with Crippen LogP contribution in [0.25, 0.3) is 22.2 Å². The first kappa shape index (κ1) is 7.38. The summed E-state index contributed by atoms with van der Waals surface area (Å²) >= 11 is 0. The van der Waals surface area contributed by atoms with Gasteiger partial charge in [0.15, 0.2) is 0 Å². The molecule has 2 heterocycles. The molecule has 68 valence electrons. The number of H-pyrrole nitrogens is 2. The molecule has 1 aromatic carbocycles. The summed E-state index contributed by atoms with van der Waals surface area (Å²) in [4.78, 5) is 3.18. The van der Waals surface area contributed by atoms with Crippen LogP contribution in [0.1, 0.15) is 0 Å².